The van der Waals surface area contributed by atoms with Crippen LogP contribution in [0.4, 0.5) is 65.9 Å². The summed E-state index contributed by atoms with van der Waals surface area (Å²) in [6.07, 6.45) is -4.87. The van der Waals surface area contributed by atoms with Crippen molar-refractivity contribution in [1.29, 1.82) is 0 Å². The molecule has 0 aliphatic rings. The van der Waals surface area contributed by atoms with E-state index < -0.39 is 133 Å². The van der Waals surface area contributed by atoms with Gasteiger partial charge in [0.2, 0.25) is 6.15 Å². The van der Waals surface area contributed by atoms with Gasteiger partial charge in [-0.1, -0.05) is 17.7 Å². The topological polar surface area (TPSA) is 25.9 Å². The predicted octanol–water partition coefficient (Wildman–Crippen LogP) is 8.88. The van der Waals surface area contributed by atoms with Gasteiger partial charge in [-0.05, 0) is 73.4 Å². The Labute approximate surface area is 321 Å². The second-order valence-electron chi connectivity index (χ2n) is 15.9. The Hall–Kier alpha value is -4.67. The Morgan fingerprint density at radius 2 is 0.741 bits per heavy atom. The average molecular weight is 858 g/mol. The molecule has 0 saturated carbocycles. The molecular formula is C38H31BF15N2OP. The van der Waals surface area contributed by atoms with Crippen molar-refractivity contribution in [3.8, 4) is 5.69 Å². The van der Waals surface area contributed by atoms with Gasteiger partial charge in [0.1, 0.15) is 53.0 Å². The van der Waals surface area contributed by atoms with Crippen LogP contribution in [0, 0.1) is 108 Å². The summed E-state index contributed by atoms with van der Waals surface area (Å²) >= 11 is 0. The second kappa shape index (κ2) is 14.3. The third kappa shape index (κ3) is 5.91. The molecule has 0 amide bonds. The van der Waals surface area contributed by atoms with Crippen LogP contribution in [0.15, 0.2) is 24.5 Å². The Balaban J connectivity index is 2.48. The molecule has 0 bridgehead atoms. The Bertz CT molecular complexity index is 2330. The van der Waals surface area contributed by atoms with E-state index in [1.165, 1.54) is 67.5 Å². The van der Waals surface area contributed by atoms with Gasteiger partial charge in [-0.2, -0.15) is 0 Å². The summed E-state index contributed by atoms with van der Waals surface area (Å²) in [5, 5.41) is -3.50. The summed E-state index contributed by atoms with van der Waals surface area (Å²) < 4.78 is 255. The zero-order valence-electron chi connectivity index (χ0n) is 31.8. The van der Waals surface area contributed by atoms with Gasteiger partial charge in [-0.3, -0.25) is 4.57 Å². The largest absolute Gasteiger partial charge is 0.273 e. The summed E-state index contributed by atoms with van der Waals surface area (Å²) in [4.78, 5) is 0. The molecule has 0 N–H and O–H groups in total. The molecule has 0 fully saturated rings. The van der Waals surface area contributed by atoms with Crippen LogP contribution in [-0.4, -0.2) is 21.0 Å². The Kier molecular flexibility index (Phi) is 10.9. The first-order valence-electron chi connectivity index (χ1n) is 17.0. The minimum Gasteiger partial charge on any atom is -0.273 e. The fraction of sp³-hybridized carbons (Fsp3) is 0.289. The average Bonchev–Trinajstić information content (AvgIpc) is 3.56. The molecule has 0 aliphatic carbocycles. The first-order chi connectivity index (χ1) is 26.5. The normalized spacial score (nSPS) is 12.9. The van der Waals surface area contributed by atoms with Crippen molar-refractivity contribution in [2.75, 3.05) is 0 Å². The first-order valence-corrected chi connectivity index (χ1v) is 18.7. The Morgan fingerprint density at radius 3 is 1.00 bits per heavy atom. The van der Waals surface area contributed by atoms with Crippen LogP contribution in [0.2, 0.25) is 0 Å². The van der Waals surface area contributed by atoms with Crippen LogP contribution in [0.3, 0.4) is 0 Å². The molecule has 5 aromatic rings. The molecule has 0 radical (unpaired) electrons. The number of hydrogen-bond acceptors (Lipinski definition) is 1. The summed E-state index contributed by atoms with van der Waals surface area (Å²) in [5.74, 6) is -46.9. The second-order valence-corrected chi connectivity index (χ2v) is 20.1. The maximum absolute atomic E-state index is 16.8. The number of aryl methyl sites for hydroxylation is 3. The van der Waals surface area contributed by atoms with E-state index in [9.17, 15) is 13.2 Å². The van der Waals surface area contributed by atoms with E-state index in [-0.39, 0.29) is 16.8 Å². The molecule has 5 rings (SSSR count). The number of hydrogen-bond donors (Lipinski definition) is 0. The van der Waals surface area contributed by atoms with Crippen LogP contribution in [-0.2, 0) is 4.57 Å². The number of benzene rings is 4. The minimum atomic E-state index is -6.33. The third-order valence-electron chi connectivity index (χ3n) is 10.3. The number of nitrogens with zero attached hydrogens (tertiary/aromatic N) is 2. The Morgan fingerprint density at radius 1 is 0.483 bits per heavy atom. The third-order valence-corrected chi connectivity index (χ3v) is 14.8. The first kappa shape index (κ1) is 44.4. The van der Waals surface area contributed by atoms with E-state index in [4.69, 9.17) is 0 Å². The quantitative estimate of drug-likeness (QED) is 0.0552. The van der Waals surface area contributed by atoms with Gasteiger partial charge >= 0.3 is 0 Å². The lowest BCUT2D eigenvalue weighted by atomic mass is 9.14. The highest BCUT2D eigenvalue weighted by Gasteiger charge is 2.60. The van der Waals surface area contributed by atoms with Crippen LogP contribution in [0.1, 0.15) is 58.2 Å². The molecule has 58 heavy (non-hydrogen) atoms. The van der Waals surface area contributed by atoms with Crippen LogP contribution >= 0.6 is 7.29 Å². The van der Waals surface area contributed by atoms with Gasteiger partial charge in [0, 0.05) is 0 Å². The summed E-state index contributed by atoms with van der Waals surface area (Å²) in [6.45, 7) is 11.7. The molecule has 0 saturated heterocycles. The summed E-state index contributed by atoms with van der Waals surface area (Å²) in [7, 11) is -4.87. The van der Waals surface area contributed by atoms with Gasteiger partial charge in [-0.15, -0.1) is 16.4 Å². The van der Waals surface area contributed by atoms with Crippen molar-refractivity contribution in [2.45, 2.75) is 72.6 Å². The van der Waals surface area contributed by atoms with E-state index in [1.807, 2.05) is 0 Å². The molecule has 0 aliphatic heterocycles. The highest BCUT2D eigenvalue weighted by atomic mass is 31.2. The predicted molar refractivity (Wildman–Crippen MR) is 186 cm³/mol. The monoisotopic (exact) mass is 858 g/mol. The SMILES string of the molecule is Cc1cc(C)c(-n2cc[n+](P(=O)(C(C)(C)C)C(C)(C)C)c2[B-](c2c(F)c(F)c(F)c(F)c2F)(c2c(F)c(F)c(F)c(F)c2F)c2c(F)c(F)c(F)c(F)c2F)c(C)c1. The van der Waals surface area contributed by atoms with Crippen LogP contribution in [0.5, 0.6) is 0 Å². The summed E-state index contributed by atoms with van der Waals surface area (Å²) in [6, 6.07) is 2.74. The van der Waals surface area contributed by atoms with Crippen molar-refractivity contribution < 1.29 is 74.8 Å². The molecule has 312 valence electrons. The highest BCUT2D eigenvalue weighted by molar-refractivity contribution is 7.60. The zero-order valence-corrected chi connectivity index (χ0v) is 32.7. The lowest BCUT2D eigenvalue weighted by molar-refractivity contribution is -0.503. The van der Waals surface area contributed by atoms with E-state index in [0.29, 0.717) is 20.7 Å². The maximum atomic E-state index is 16.8. The molecule has 4 aromatic carbocycles. The molecule has 20 heteroatoms. The van der Waals surface area contributed by atoms with E-state index in [0.717, 1.165) is 6.20 Å². The highest BCUT2D eigenvalue weighted by Crippen LogP contribution is 2.62. The van der Waals surface area contributed by atoms with Crippen molar-refractivity contribution in [1.82, 2.24) is 4.57 Å². The van der Waals surface area contributed by atoms with Gasteiger partial charge in [0.15, 0.2) is 52.4 Å². The number of halogens is 15. The standard InChI is InChI=1S/C38H31BF15N2OP/c1-14-12-15(2)35(16(3)13-14)55-10-11-56(58(57,37(4,5)6)38(7,8)9)36(55)39(17-20(40)26(46)32(52)27(47)21(17)41,18-22(42)28(48)33(53)29(49)23(18)43)19-24(44)30(50)34(54)31(51)25(19)45/h10-13H,1-9H3. The molecule has 0 unspecified atom stereocenters. The number of aromatic nitrogens is 2. The zero-order chi connectivity index (χ0) is 44.3. The molecule has 3 nitrogen and oxygen atoms in total. The molecule has 0 spiro atoms. The van der Waals surface area contributed by atoms with Gasteiger partial charge in [0.25, 0.3) is 7.29 Å². The summed E-state index contributed by atoms with van der Waals surface area (Å²) in [5.41, 5.74) is -10.0. The molecule has 1 heterocycles. The maximum Gasteiger partial charge on any atom is 0.258 e. The fourth-order valence-electron chi connectivity index (χ4n) is 8.26. The van der Waals surface area contributed by atoms with Gasteiger partial charge in [0.05, 0.1) is 16.0 Å². The smallest absolute Gasteiger partial charge is 0.258 e. The van der Waals surface area contributed by atoms with Crippen molar-refractivity contribution >= 4 is 35.6 Å². The molecule has 1 aromatic heterocycles. The van der Waals surface area contributed by atoms with Gasteiger partial charge in [-0.25, -0.2) is 74.8 Å². The van der Waals surface area contributed by atoms with Crippen LogP contribution in [0.25, 0.3) is 5.69 Å². The van der Waals surface area contributed by atoms with E-state index >= 15 is 57.3 Å². The lowest BCUT2D eigenvalue weighted by Gasteiger charge is -2.45. The lowest BCUT2D eigenvalue weighted by Crippen LogP contribution is -2.86. The van der Waals surface area contributed by atoms with E-state index in [2.05, 4.69) is 0 Å². The molecule has 0 atom stereocenters. The van der Waals surface area contributed by atoms with Crippen LogP contribution < -0.4 is 26.4 Å². The minimum absolute atomic E-state index is 0.0276. The fourth-order valence-corrected chi connectivity index (χ4v) is 12.4. The molecular weight excluding hydrogens is 827 g/mol. The number of rotatable bonds is 6. The van der Waals surface area contributed by atoms with Crippen molar-refractivity contribution in [3.05, 3.63) is 128 Å². The van der Waals surface area contributed by atoms with Gasteiger partial charge < -0.3 is 0 Å². The number of imidazole rings is 1. The van der Waals surface area contributed by atoms with Crippen molar-refractivity contribution in [3.63, 3.8) is 0 Å². The van der Waals surface area contributed by atoms with E-state index in [1.54, 1.807) is 6.92 Å². The van der Waals surface area contributed by atoms with Crippen molar-refractivity contribution in [2.24, 2.45) is 0 Å².